The van der Waals surface area contributed by atoms with E-state index in [1.54, 1.807) is 6.33 Å². The predicted octanol–water partition coefficient (Wildman–Crippen LogP) is 1.87. The highest BCUT2D eigenvalue weighted by molar-refractivity contribution is 5.33. The monoisotopic (exact) mass is 165 g/mol. The summed E-state index contributed by atoms with van der Waals surface area (Å²) in [6.07, 6.45) is 4.81. The van der Waals surface area contributed by atoms with Gasteiger partial charge in [0.05, 0.1) is 12.5 Å². The molecule has 1 aliphatic rings. The number of nitrogens with one attached hydrogen (secondary N) is 2. The van der Waals surface area contributed by atoms with Gasteiger partial charge < -0.3 is 10.3 Å². The molecule has 1 aromatic rings. The van der Waals surface area contributed by atoms with E-state index in [1.165, 1.54) is 6.42 Å². The Hall–Kier alpha value is -0.990. The molecule has 0 aromatic carbocycles. The van der Waals surface area contributed by atoms with Gasteiger partial charge in [0.2, 0.25) is 0 Å². The Morgan fingerprint density at radius 2 is 2.42 bits per heavy atom. The molecule has 66 valence electrons. The van der Waals surface area contributed by atoms with Gasteiger partial charge in [-0.15, -0.1) is 0 Å². The quantitative estimate of drug-likeness (QED) is 0.702. The van der Waals surface area contributed by atoms with Crippen molar-refractivity contribution in [2.45, 2.75) is 26.3 Å². The second kappa shape index (κ2) is 2.81. The lowest BCUT2D eigenvalue weighted by Gasteiger charge is -2.41. The van der Waals surface area contributed by atoms with E-state index in [1.807, 2.05) is 6.20 Å². The van der Waals surface area contributed by atoms with Crippen LogP contribution in [0, 0.1) is 11.8 Å². The second-order valence-corrected chi connectivity index (χ2v) is 3.79. The van der Waals surface area contributed by atoms with E-state index >= 15 is 0 Å². The first-order valence-corrected chi connectivity index (χ1v) is 4.52. The number of imidazole rings is 1. The average molecular weight is 165 g/mol. The van der Waals surface area contributed by atoms with Gasteiger partial charge in [-0.2, -0.15) is 0 Å². The van der Waals surface area contributed by atoms with Gasteiger partial charge in [0.25, 0.3) is 0 Å². The molecule has 1 saturated carbocycles. The fraction of sp³-hybridized carbons (Fsp3) is 0.667. The lowest BCUT2D eigenvalue weighted by molar-refractivity contribution is 0.188. The van der Waals surface area contributed by atoms with Gasteiger partial charge in [-0.25, -0.2) is 4.98 Å². The van der Waals surface area contributed by atoms with E-state index in [0.29, 0.717) is 6.04 Å². The van der Waals surface area contributed by atoms with Crippen molar-refractivity contribution in [2.75, 3.05) is 5.32 Å². The molecule has 1 aromatic heterocycles. The largest absolute Gasteiger partial charge is 0.367 e. The first kappa shape index (κ1) is 7.65. The first-order valence-electron chi connectivity index (χ1n) is 4.52. The standard InChI is InChI=1S/C9H15N3/c1-6-3-8(7(6)2)12-9-4-10-5-11-9/h4-8,12H,3H2,1-2H3,(H,10,11). The Bertz CT molecular complexity index is 242. The van der Waals surface area contributed by atoms with Crippen molar-refractivity contribution in [3.05, 3.63) is 12.5 Å². The Morgan fingerprint density at radius 1 is 1.58 bits per heavy atom. The maximum atomic E-state index is 3.96. The molecule has 1 heterocycles. The molecule has 0 amide bonds. The van der Waals surface area contributed by atoms with Crippen molar-refractivity contribution in [3.63, 3.8) is 0 Å². The highest BCUT2D eigenvalue weighted by Crippen LogP contribution is 2.35. The van der Waals surface area contributed by atoms with Crippen LogP contribution < -0.4 is 5.32 Å². The number of rotatable bonds is 2. The molecule has 1 aliphatic carbocycles. The molecule has 3 atom stereocenters. The Balaban J connectivity index is 1.90. The minimum atomic E-state index is 0.639. The van der Waals surface area contributed by atoms with Crippen LogP contribution in [-0.2, 0) is 0 Å². The molecule has 2 rings (SSSR count). The van der Waals surface area contributed by atoms with Crippen LogP contribution in [0.25, 0.3) is 0 Å². The topological polar surface area (TPSA) is 40.7 Å². The molecule has 3 nitrogen and oxygen atoms in total. The van der Waals surface area contributed by atoms with Gasteiger partial charge in [-0.1, -0.05) is 13.8 Å². The minimum Gasteiger partial charge on any atom is -0.367 e. The third-order valence-corrected chi connectivity index (χ3v) is 3.00. The van der Waals surface area contributed by atoms with Gasteiger partial charge in [0, 0.05) is 6.04 Å². The van der Waals surface area contributed by atoms with E-state index in [2.05, 4.69) is 29.1 Å². The number of hydrogen-bond donors (Lipinski definition) is 2. The smallest absolute Gasteiger partial charge is 0.123 e. The van der Waals surface area contributed by atoms with Crippen molar-refractivity contribution in [1.29, 1.82) is 0 Å². The summed E-state index contributed by atoms with van der Waals surface area (Å²) in [4.78, 5) is 7.01. The van der Waals surface area contributed by atoms with Crippen molar-refractivity contribution in [2.24, 2.45) is 11.8 Å². The van der Waals surface area contributed by atoms with Crippen LogP contribution in [0.1, 0.15) is 20.3 Å². The summed E-state index contributed by atoms with van der Waals surface area (Å²) in [5.74, 6) is 2.69. The minimum absolute atomic E-state index is 0.639. The maximum absolute atomic E-state index is 3.96. The molecule has 1 fully saturated rings. The summed E-state index contributed by atoms with van der Waals surface area (Å²) in [6, 6.07) is 0.639. The molecule has 3 heteroatoms. The fourth-order valence-corrected chi connectivity index (χ4v) is 1.76. The van der Waals surface area contributed by atoms with Gasteiger partial charge in [-0.05, 0) is 18.3 Å². The predicted molar refractivity (Wildman–Crippen MR) is 48.9 cm³/mol. The van der Waals surface area contributed by atoms with Gasteiger partial charge >= 0.3 is 0 Å². The zero-order chi connectivity index (χ0) is 8.55. The van der Waals surface area contributed by atoms with Crippen LogP contribution >= 0.6 is 0 Å². The Labute approximate surface area is 72.6 Å². The number of anilines is 1. The number of hydrogen-bond acceptors (Lipinski definition) is 2. The van der Waals surface area contributed by atoms with E-state index in [4.69, 9.17) is 0 Å². The molecule has 0 spiro atoms. The van der Waals surface area contributed by atoms with Crippen molar-refractivity contribution in [3.8, 4) is 0 Å². The lowest BCUT2D eigenvalue weighted by atomic mass is 9.71. The van der Waals surface area contributed by atoms with Crippen LogP contribution in [-0.4, -0.2) is 16.0 Å². The van der Waals surface area contributed by atoms with Crippen molar-refractivity contribution in [1.82, 2.24) is 9.97 Å². The van der Waals surface area contributed by atoms with Crippen LogP contribution in [0.5, 0.6) is 0 Å². The van der Waals surface area contributed by atoms with Crippen molar-refractivity contribution < 1.29 is 0 Å². The second-order valence-electron chi connectivity index (χ2n) is 3.79. The zero-order valence-corrected chi connectivity index (χ0v) is 7.54. The summed E-state index contributed by atoms with van der Waals surface area (Å²) in [5.41, 5.74) is 0. The molecule has 12 heavy (non-hydrogen) atoms. The normalized spacial score (nSPS) is 34.3. The first-order chi connectivity index (χ1) is 5.77. The molecule has 3 unspecified atom stereocenters. The number of aromatic amines is 1. The average Bonchev–Trinajstić information content (AvgIpc) is 2.56. The summed E-state index contributed by atoms with van der Waals surface area (Å²) in [5, 5.41) is 3.42. The van der Waals surface area contributed by atoms with Gasteiger partial charge in [0.1, 0.15) is 5.82 Å². The summed E-state index contributed by atoms with van der Waals surface area (Å²) in [7, 11) is 0. The van der Waals surface area contributed by atoms with Gasteiger partial charge in [-0.3, -0.25) is 0 Å². The van der Waals surface area contributed by atoms with E-state index in [-0.39, 0.29) is 0 Å². The highest BCUT2D eigenvalue weighted by Gasteiger charge is 2.34. The third-order valence-electron chi connectivity index (χ3n) is 3.00. The van der Waals surface area contributed by atoms with E-state index in [0.717, 1.165) is 17.7 Å². The molecular weight excluding hydrogens is 150 g/mol. The Kier molecular flexibility index (Phi) is 1.79. The third kappa shape index (κ3) is 1.19. The highest BCUT2D eigenvalue weighted by atomic mass is 15.1. The molecule has 0 aliphatic heterocycles. The number of H-pyrrole nitrogens is 1. The summed E-state index contributed by atoms with van der Waals surface area (Å²) >= 11 is 0. The van der Waals surface area contributed by atoms with Crippen LogP contribution in [0.15, 0.2) is 12.5 Å². The molecule has 0 saturated heterocycles. The maximum Gasteiger partial charge on any atom is 0.123 e. The van der Waals surface area contributed by atoms with E-state index in [9.17, 15) is 0 Å². The Morgan fingerprint density at radius 3 is 2.92 bits per heavy atom. The van der Waals surface area contributed by atoms with Crippen LogP contribution in [0.2, 0.25) is 0 Å². The van der Waals surface area contributed by atoms with Crippen LogP contribution in [0.3, 0.4) is 0 Å². The summed E-state index contributed by atoms with van der Waals surface area (Å²) < 4.78 is 0. The molecular formula is C9H15N3. The summed E-state index contributed by atoms with van der Waals surface area (Å²) in [6.45, 7) is 4.60. The van der Waals surface area contributed by atoms with E-state index < -0.39 is 0 Å². The number of aromatic nitrogens is 2. The SMILES string of the molecule is CC1CC(Nc2cnc[nH]2)C1C. The zero-order valence-electron chi connectivity index (χ0n) is 7.54. The van der Waals surface area contributed by atoms with Gasteiger partial charge in [0.15, 0.2) is 0 Å². The van der Waals surface area contributed by atoms with Crippen LogP contribution in [0.4, 0.5) is 5.82 Å². The fourth-order valence-electron chi connectivity index (χ4n) is 1.76. The number of nitrogens with zero attached hydrogens (tertiary/aromatic N) is 1. The molecule has 0 bridgehead atoms. The molecule has 0 radical (unpaired) electrons. The molecule has 2 N–H and O–H groups in total. The lowest BCUT2D eigenvalue weighted by Crippen LogP contribution is -2.43. The van der Waals surface area contributed by atoms with Crippen molar-refractivity contribution >= 4 is 5.82 Å².